The minimum Gasteiger partial charge on any atom is -0.493 e. The van der Waals surface area contributed by atoms with Crippen LogP contribution >= 0.6 is 12.2 Å². The van der Waals surface area contributed by atoms with Crippen LogP contribution in [0.5, 0.6) is 11.5 Å². The van der Waals surface area contributed by atoms with E-state index in [0.29, 0.717) is 27.7 Å². The van der Waals surface area contributed by atoms with E-state index in [1.807, 2.05) is 81.2 Å². The van der Waals surface area contributed by atoms with Crippen LogP contribution in [0.4, 0.5) is 0 Å². The van der Waals surface area contributed by atoms with E-state index in [2.05, 4.69) is 5.32 Å². The molecule has 1 N–H and O–H groups in total. The zero-order valence-electron chi connectivity index (χ0n) is 17.4. The predicted molar refractivity (Wildman–Crippen MR) is 118 cm³/mol. The Morgan fingerprint density at radius 2 is 1.83 bits per heavy atom. The van der Waals surface area contributed by atoms with Crippen molar-refractivity contribution >= 4 is 23.1 Å². The highest BCUT2D eigenvalue weighted by molar-refractivity contribution is 7.80. The Labute approximate surface area is 177 Å². The zero-order chi connectivity index (χ0) is 21.1. The molecule has 0 aromatic heterocycles. The molecule has 2 aromatic carbocycles. The zero-order valence-corrected chi connectivity index (χ0v) is 18.2. The van der Waals surface area contributed by atoms with Crippen molar-refractivity contribution < 1.29 is 14.3 Å². The molecule has 2 aromatic rings. The quantitative estimate of drug-likeness (QED) is 0.559. The summed E-state index contributed by atoms with van der Waals surface area (Å²) < 4.78 is 11.4. The number of methoxy groups -OCH3 is 1. The normalized spacial score (nSPS) is 16.7. The smallest absolute Gasteiger partial charge is 0.193 e. The summed E-state index contributed by atoms with van der Waals surface area (Å²) in [6.07, 6.45) is 0.0288. The first-order valence-corrected chi connectivity index (χ1v) is 9.93. The fourth-order valence-electron chi connectivity index (χ4n) is 3.34. The van der Waals surface area contributed by atoms with Crippen LogP contribution in [-0.4, -0.2) is 36.1 Å². The Morgan fingerprint density at radius 1 is 1.14 bits per heavy atom. The lowest BCUT2D eigenvalue weighted by atomic mass is 9.89. The molecule has 0 saturated carbocycles. The molecule has 1 heterocycles. The van der Waals surface area contributed by atoms with Gasteiger partial charge in [-0.25, -0.2) is 0 Å². The van der Waals surface area contributed by atoms with Gasteiger partial charge in [-0.15, -0.1) is 0 Å². The molecule has 6 heteroatoms. The maximum atomic E-state index is 13.4. The Morgan fingerprint density at radius 3 is 2.45 bits per heavy atom. The second-order valence-electron chi connectivity index (χ2n) is 7.21. The first-order chi connectivity index (χ1) is 13.8. The Kier molecular flexibility index (Phi) is 6.23. The van der Waals surface area contributed by atoms with Gasteiger partial charge in [0.05, 0.1) is 19.3 Å². The fourth-order valence-corrected chi connectivity index (χ4v) is 3.59. The van der Waals surface area contributed by atoms with Crippen molar-refractivity contribution in [2.24, 2.45) is 0 Å². The molecule has 1 unspecified atom stereocenters. The molecule has 1 aliphatic heterocycles. The number of ether oxygens (including phenoxy) is 2. The molecule has 3 rings (SSSR count). The van der Waals surface area contributed by atoms with Crippen molar-refractivity contribution in [3.8, 4) is 11.5 Å². The van der Waals surface area contributed by atoms with Crippen LogP contribution in [0.1, 0.15) is 42.7 Å². The third-order valence-electron chi connectivity index (χ3n) is 4.92. The number of Topliss-reactive ketones (excluding diaryl/α,β-unsaturated/α-hetero) is 1. The molecular weight excluding hydrogens is 384 g/mol. The third kappa shape index (κ3) is 4.27. The average Bonchev–Trinajstić information content (AvgIpc) is 2.72. The van der Waals surface area contributed by atoms with Crippen LogP contribution in [0.15, 0.2) is 59.8 Å². The lowest BCUT2D eigenvalue weighted by molar-refractivity contribution is 0.102. The summed E-state index contributed by atoms with van der Waals surface area (Å²) in [6.45, 7) is 5.85. The number of thiocarbonyl (C=S) groups is 1. The number of ketones is 1. The minimum atomic E-state index is -0.381. The van der Waals surface area contributed by atoms with Crippen LogP contribution in [-0.2, 0) is 0 Å². The summed E-state index contributed by atoms with van der Waals surface area (Å²) in [7, 11) is 3.47. The van der Waals surface area contributed by atoms with Gasteiger partial charge in [-0.1, -0.05) is 36.4 Å². The van der Waals surface area contributed by atoms with E-state index in [0.717, 1.165) is 11.3 Å². The second-order valence-corrected chi connectivity index (χ2v) is 7.60. The van der Waals surface area contributed by atoms with E-state index in [-0.39, 0.29) is 17.9 Å². The topological polar surface area (TPSA) is 50.8 Å². The van der Waals surface area contributed by atoms with E-state index in [9.17, 15) is 4.79 Å². The maximum Gasteiger partial charge on any atom is 0.193 e. The van der Waals surface area contributed by atoms with Crippen molar-refractivity contribution in [2.45, 2.75) is 32.9 Å². The molecule has 5 nitrogen and oxygen atoms in total. The van der Waals surface area contributed by atoms with E-state index in [1.54, 1.807) is 7.11 Å². The van der Waals surface area contributed by atoms with Crippen molar-refractivity contribution in [3.05, 3.63) is 70.9 Å². The van der Waals surface area contributed by atoms with Gasteiger partial charge in [0.2, 0.25) is 0 Å². The first-order valence-electron chi connectivity index (χ1n) is 9.52. The predicted octanol–water partition coefficient (Wildman–Crippen LogP) is 4.50. The van der Waals surface area contributed by atoms with E-state index < -0.39 is 0 Å². The lowest BCUT2D eigenvalue weighted by Gasteiger charge is -2.36. The number of hydrogen-bond donors (Lipinski definition) is 1. The molecule has 0 aliphatic carbocycles. The van der Waals surface area contributed by atoms with E-state index in [4.69, 9.17) is 21.7 Å². The molecule has 0 saturated heterocycles. The summed E-state index contributed by atoms with van der Waals surface area (Å²) in [6, 6.07) is 14.6. The molecule has 0 radical (unpaired) electrons. The van der Waals surface area contributed by atoms with Crippen LogP contribution in [0.2, 0.25) is 0 Å². The van der Waals surface area contributed by atoms with Crippen molar-refractivity contribution in [3.63, 3.8) is 0 Å². The Hall–Kier alpha value is -2.86. The van der Waals surface area contributed by atoms with Crippen molar-refractivity contribution in [1.82, 2.24) is 10.2 Å². The van der Waals surface area contributed by atoms with Crippen molar-refractivity contribution in [2.75, 3.05) is 14.2 Å². The molecular formula is C23H26N2O3S. The molecule has 1 aliphatic rings. The van der Waals surface area contributed by atoms with E-state index in [1.165, 1.54) is 0 Å². The van der Waals surface area contributed by atoms with Crippen LogP contribution in [0.3, 0.4) is 0 Å². The molecule has 1 atom stereocenters. The summed E-state index contributed by atoms with van der Waals surface area (Å²) in [5, 5.41) is 3.88. The average molecular weight is 411 g/mol. The first kappa shape index (κ1) is 20.9. The van der Waals surface area contributed by atoms with Gasteiger partial charge in [0, 0.05) is 23.9 Å². The third-order valence-corrected chi connectivity index (χ3v) is 5.31. The number of allylic oxidation sites excluding steroid dienone is 1. The molecule has 0 fully saturated rings. The number of rotatable bonds is 6. The Bertz CT molecular complexity index is 954. The fraction of sp³-hybridized carbons (Fsp3) is 0.304. The monoisotopic (exact) mass is 410 g/mol. The number of carbonyl (C=O) groups excluding carboxylic acids is 1. The summed E-state index contributed by atoms with van der Waals surface area (Å²) in [5.41, 5.74) is 3.01. The maximum absolute atomic E-state index is 13.4. The van der Waals surface area contributed by atoms with Gasteiger partial charge in [0.1, 0.15) is 0 Å². The van der Waals surface area contributed by atoms with Gasteiger partial charge in [-0.3, -0.25) is 4.79 Å². The van der Waals surface area contributed by atoms with Gasteiger partial charge >= 0.3 is 0 Å². The van der Waals surface area contributed by atoms with Crippen LogP contribution in [0.25, 0.3) is 0 Å². The highest BCUT2D eigenvalue weighted by Crippen LogP contribution is 2.37. The van der Waals surface area contributed by atoms with Gasteiger partial charge in [-0.05, 0) is 50.7 Å². The standard InChI is InChI=1S/C23H26N2O3S/c1-14(2)28-18-12-11-17(13-19(18)27-5)21-20(15(3)25(4)23(29)24-21)22(26)16-9-7-6-8-10-16/h6-14,21H,1-5H3,(H,24,29). The highest BCUT2D eigenvalue weighted by atomic mass is 32.1. The molecule has 0 spiro atoms. The van der Waals surface area contributed by atoms with Crippen LogP contribution < -0.4 is 14.8 Å². The molecule has 29 heavy (non-hydrogen) atoms. The van der Waals surface area contributed by atoms with Gasteiger partial charge in [0.25, 0.3) is 0 Å². The van der Waals surface area contributed by atoms with E-state index >= 15 is 0 Å². The number of carbonyl (C=O) groups is 1. The molecule has 0 amide bonds. The number of nitrogens with one attached hydrogen (secondary N) is 1. The SMILES string of the molecule is COc1cc(C2NC(=S)N(C)C(C)=C2C(=O)c2ccccc2)ccc1OC(C)C. The number of nitrogens with zero attached hydrogens (tertiary/aromatic N) is 1. The highest BCUT2D eigenvalue weighted by Gasteiger charge is 2.33. The van der Waals surface area contributed by atoms with Crippen molar-refractivity contribution in [1.29, 1.82) is 0 Å². The minimum absolute atomic E-state index is 0.0288. The number of hydrogen-bond acceptors (Lipinski definition) is 4. The molecule has 0 bridgehead atoms. The molecule has 152 valence electrons. The van der Waals surface area contributed by atoms with Gasteiger partial charge < -0.3 is 19.7 Å². The second kappa shape index (κ2) is 8.66. The summed E-state index contributed by atoms with van der Waals surface area (Å²) in [5.74, 6) is 1.25. The lowest BCUT2D eigenvalue weighted by Crippen LogP contribution is -2.45. The van der Waals surface area contributed by atoms with Crippen LogP contribution in [0, 0.1) is 0 Å². The Balaban J connectivity index is 2.08. The van der Waals surface area contributed by atoms with Gasteiger partial charge in [0.15, 0.2) is 22.4 Å². The number of benzene rings is 2. The summed E-state index contributed by atoms with van der Waals surface area (Å²) >= 11 is 5.50. The summed E-state index contributed by atoms with van der Waals surface area (Å²) in [4.78, 5) is 15.2. The largest absolute Gasteiger partial charge is 0.493 e. The van der Waals surface area contributed by atoms with Gasteiger partial charge in [-0.2, -0.15) is 0 Å².